The number of hydrogen-bond donors (Lipinski definition) is 1. The molecule has 2 aliphatic heterocycles. The molecule has 2 rings (SSSR count). The summed E-state index contributed by atoms with van der Waals surface area (Å²) in [7, 11) is 0. The third-order valence-electron chi connectivity index (χ3n) is 3.64. The van der Waals surface area contributed by atoms with E-state index in [4.69, 9.17) is 4.74 Å². The summed E-state index contributed by atoms with van der Waals surface area (Å²) in [6.45, 7) is 7.77. The highest BCUT2D eigenvalue weighted by atomic mass is 16.6. The van der Waals surface area contributed by atoms with Crippen LogP contribution < -0.4 is 5.32 Å². The van der Waals surface area contributed by atoms with Gasteiger partial charge in [0.1, 0.15) is 5.60 Å². The van der Waals surface area contributed by atoms with Crippen LogP contribution in [0, 0.1) is 5.41 Å². The van der Waals surface area contributed by atoms with Crippen molar-refractivity contribution in [1.29, 1.82) is 0 Å². The van der Waals surface area contributed by atoms with Gasteiger partial charge in [-0.25, -0.2) is 9.69 Å². The summed E-state index contributed by atoms with van der Waals surface area (Å²) in [4.78, 5) is 25.2. The van der Waals surface area contributed by atoms with E-state index in [9.17, 15) is 9.59 Å². The smallest absolute Gasteiger partial charge is 0.417 e. The van der Waals surface area contributed by atoms with Crippen molar-refractivity contribution in [3.63, 3.8) is 0 Å². The number of ether oxygens (including phenoxy) is 1. The number of carbonyl (C=O) groups excluding carboxylic acids is 2. The maximum Gasteiger partial charge on any atom is 0.417 e. The van der Waals surface area contributed by atoms with Crippen molar-refractivity contribution in [2.24, 2.45) is 5.41 Å². The molecule has 0 aromatic carbocycles. The molecule has 2 aliphatic rings. The van der Waals surface area contributed by atoms with Gasteiger partial charge in [0.15, 0.2) is 0 Å². The molecule has 0 saturated carbocycles. The Labute approximate surface area is 108 Å². The lowest BCUT2D eigenvalue weighted by Gasteiger charge is -2.37. The van der Waals surface area contributed by atoms with Crippen LogP contribution in [0.5, 0.6) is 0 Å². The van der Waals surface area contributed by atoms with Gasteiger partial charge in [-0.15, -0.1) is 0 Å². The van der Waals surface area contributed by atoms with Crippen molar-refractivity contribution in [3.8, 4) is 0 Å². The minimum atomic E-state index is -0.554. The van der Waals surface area contributed by atoms with Crippen LogP contribution in [0.1, 0.15) is 40.0 Å². The van der Waals surface area contributed by atoms with Crippen molar-refractivity contribution in [3.05, 3.63) is 0 Å². The average molecular weight is 254 g/mol. The molecule has 0 radical (unpaired) electrons. The van der Waals surface area contributed by atoms with Crippen LogP contribution in [-0.4, -0.2) is 42.1 Å². The topological polar surface area (TPSA) is 58.6 Å². The van der Waals surface area contributed by atoms with E-state index >= 15 is 0 Å². The first kappa shape index (κ1) is 13.3. The highest BCUT2D eigenvalue weighted by Gasteiger charge is 2.43. The van der Waals surface area contributed by atoms with Crippen LogP contribution in [0.3, 0.4) is 0 Å². The Balaban J connectivity index is 1.97. The van der Waals surface area contributed by atoms with E-state index in [1.807, 2.05) is 20.8 Å². The monoisotopic (exact) mass is 254 g/mol. The van der Waals surface area contributed by atoms with Crippen molar-refractivity contribution in [2.45, 2.75) is 45.6 Å². The normalized spacial score (nSPS) is 28.8. The van der Waals surface area contributed by atoms with E-state index < -0.39 is 11.7 Å². The maximum atomic E-state index is 12.1. The molecule has 2 saturated heterocycles. The number of likely N-dealkylation sites (tertiary alicyclic amines) is 1. The minimum Gasteiger partial charge on any atom is -0.443 e. The van der Waals surface area contributed by atoms with Crippen LogP contribution in [0.15, 0.2) is 0 Å². The van der Waals surface area contributed by atoms with Gasteiger partial charge in [0, 0.05) is 19.5 Å². The molecular formula is C13H22N2O3. The predicted octanol–water partition coefficient (Wildman–Crippen LogP) is 1.52. The van der Waals surface area contributed by atoms with E-state index in [2.05, 4.69) is 5.32 Å². The number of hydrogen-bond acceptors (Lipinski definition) is 4. The largest absolute Gasteiger partial charge is 0.443 e. The molecule has 0 bridgehead atoms. The van der Waals surface area contributed by atoms with Crippen molar-refractivity contribution in [2.75, 3.05) is 19.6 Å². The molecule has 1 N–H and O–H groups in total. The molecule has 1 spiro atoms. The minimum absolute atomic E-state index is 0.0790. The lowest BCUT2D eigenvalue weighted by molar-refractivity contribution is -0.136. The zero-order chi connectivity index (χ0) is 13.4. The molecule has 2 amide bonds. The fourth-order valence-electron chi connectivity index (χ4n) is 2.65. The number of piperidine rings is 1. The zero-order valence-corrected chi connectivity index (χ0v) is 11.4. The van der Waals surface area contributed by atoms with E-state index in [-0.39, 0.29) is 11.3 Å². The molecule has 0 aromatic rings. The third kappa shape index (κ3) is 2.83. The van der Waals surface area contributed by atoms with E-state index in [0.29, 0.717) is 13.0 Å². The number of carbonyl (C=O) groups is 2. The SMILES string of the molecule is CC(C)(C)OC(=O)N1CCC2(CCNC2)CC1=O. The second kappa shape index (κ2) is 4.53. The van der Waals surface area contributed by atoms with Crippen molar-refractivity contribution >= 4 is 12.0 Å². The Morgan fingerprint density at radius 2 is 2.11 bits per heavy atom. The number of imide groups is 1. The summed E-state index contributed by atoms with van der Waals surface area (Å²) < 4.78 is 5.25. The van der Waals surface area contributed by atoms with E-state index in [1.54, 1.807) is 0 Å². The summed E-state index contributed by atoms with van der Waals surface area (Å²) in [5.41, 5.74) is -0.475. The quantitative estimate of drug-likeness (QED) is 0.712. The zero-order valence-electron chi connectivity index (χ0n) is 11.4. The van der Waals surface area contributed by atoms with Gasteiger partial charge in [-0.3, -0.25) is 4.79 Å². The Morgan fingerprint density at radius 1 is 1.39 bits per heavy atom. The van der Waals surface area contributed by atoms with Crippen LogP contribution in [0.2, 0.25) is 0 Å². The highest BCUT2D eigenvalue weighted by Crippen LogP contribution is 2.37. The van der Waals surface area contributed by atoms with Gasteiger partial charge < -0.3 is 10.1 Å². The Kier molecular flexibility index (Phi) is 3.36. The van der Waals surface area contributed by atoms with E-state index in [1.165, 1.54) is 4.90 Å². The summed E-state index contributed by atoms with van der Waals surface area (Å²) in [5.74, 6) is -0.0980. The first-order valence-electron chi connectivity index (χ1n) is 6.55. The maximum absolute atomic E-state index is 12.1. The van der Waals surface area contributed by atoms with Gasteiger partial charge in [-0.2, -0.15) is 0 Å². The standard InChI is InChI=1S/C13H22N2O3/c1-12(2,3)18-11(17)15-7-5-13(8-10(15)16)4-6-14-9-13/h14H,4-9H2,1-3H3. The second-order valence-electron chi connectivity index (χ2n) is 6.38. The van der Waals surface area contributed by atoms with Crippen molar-refractivity contribution in [1.82, 2.24) is 10.2 Å². The summed E-state index contributed by atoms with van der Waals surface area (Å²) in [6, 6.07) is 0. The fraction of sp³-hybridized carbons (Fsp3) is 0.846. The number of amides is 2. The third-order valence-corrected chi connectivity index (χ3v) is 3.64. The van der Waals surface area contributed by atoms with Gasteiger partial charge in [-0.1, -0.05) is 0 Å². The molecule has 18 heavy (non-hydrogen) atoms. The number of rotatable bonds is 0. The lowest BCUT2D eigenvalue weighted by Crippen LogP contribution is -2.49. The Bertz CT molecular complexity index is 354. The van der Waals surface area contributed by atoms with Crippen LogP contribution >= 0.6 is 0 Å². The second-order valence-corrected chi connectivity index (χ2v) is 6.38. The molecule has 1 atom stereocenters. The van der Waals surface area contributed by atoms with Crippen LogP contribution in [0.25, 0.3) is 0 Å². The predicted molar refractivity (Wildman–Crippen MR) is 67.1 cm³/mol. The fourth-order valence-corrected chi connectivity index (χ4v) is 2.65. The molecule has 5 heteroatoms. The van der Waals surface area contributed by atoms with Gasteiger partial charge in [0.2, 0.25) is 5.91 Å². The molecule has 2 heterocycles. The molecule has 5 nitrogen and oxygen atoms in total. The molecule has 2 fully saturated rings. The van der Waals surface area contributed by atoms with Crippen LogP contribution in [0.4, 0.5) is 4.79 Å². The lowest BCUT2D eigenvalue weighted by atomic mass is 9.77. The Hall–Kier alpha value is -1.10. The first-order valence-corrected chi connectivity index (χ1v) is 6.55. The molecule has 0 aliphatic carbocycles. The molecule has 102 valence electrons. The average Bonchev–Trinajstić information content (AvgIpc) is 2.63. The first-order chi connectivity index (χ1) is 8.31. The molecular weight excluding hydrogens is 232 g/mol. The van der Waals surface area contributed by atoms with Crippen molar-refractivity contribution < 1.29 is 14.3 Å². The summed E-state index contributed by atoms with van der Waals surface area (Å²) in [6.07, 6.45) is 1.86. The summed E-state index contributed by atoms with van der Waals surface area (Å²) >= 11 is 0. The Morgan fingerprint density at radius 3 is 2.61 bits per heavy atom. The number of nitrogens with zero attached hydrogens (tertiary/aromatic N) is 1. The van der Waals surface area contributed by atoms with Gasteiger partial charge in [-0.05, 0) is 45.6 Å². The van der Waals surface area contributed by atoms with Gasteiger partial charge >= 0.3 is 6.09 Å². The van der Waals surface area contributed by atoms with Gasteiger partial charge in [0.05, 0.1) is 0 Å². The molecule has 0 aromatic heterocycles. The highest BCUT2D eigenvalue weighted by molar-refractivity contribution is 5.93. The van der Waals surface area contributed by atoms with E-state index in [0.717, 1.165) is 25.9 Å². The van der Waals surface area contributed by atoms with Gasteiger partial charge in [0.25, 0.3) is 0 Å². The molecule has 1 unspecified atom stereocenters. The van der Waals surface area contributed by atoms with Crippen LogP contribution in [-0.2, 0) is 9.53 Å². The summed E-state index contributed by atoms with van der Waals surface area (Å²) in [5, 5.41) is 3.30. The number of nitrogens with one attached hydrogen (secondary N) is 1.